The third-order valence-corrected chi connectivity index (χ3v) is 4.43. The van der Waals surface area contributed by atoms with E-state index >= 15 is 0 Å². The van der Waals surface area contributed by atoms with Crippen molar-refractivity contribution in [3.63, 3.8) is 0 Å². The van der Waals surface area contributed by atoms with Gasteiger partial charge >= 0.3 is 5.97 Å². The Balaban J connectivity index is 2.08. The summed E-state index contributed by atoms with van der Waals surface area (Å²) in [5.41, 5.74) is 2.70. The Morgan fingerprint density at radius 3 is 2.57 bits per heavy atom. The SMILES string of the molecule is CCCNC(=O)[C@H](C)NC(=O)COC(=O)c1c(C)c(CC)nc2ccccc12. The van der Waals surface area contributed by atoms with Crippen LogP contribution in [0.3, 0.4) is 0 Å². The number of nitrogens with zero attached hydrogens (tertiary/aromatic N) is 1. The van der Waals surface area contributed by atoms with Crippen molar-refractivity contribution in [2.45, 2.75) is 46.6 Å². The normalized spacial score (nSPS) is 11.7. The average Bonchev–Trinajstić information content (AvgIpc) is 2.69. The molecule has 150 valence electrons. The molecule has 0 radical (unpaired) electrons. The predicted molar refractivity (Wildman–Crippen MR) is 107 cm³/mol. The molecule has 0 aliphatic carbocycles. The first-order valence-electron chi connectivity index (χ1n) is 9.51. The Morgan fingerprint density at radius 2 is 1.89 bits per heavy atom. The van der Waals surface area contributed by atoms with E-state index in [2.05, 4.69) is 15.6 Å². The summed E-state index contributed by atoms with van der Waals surface area (Å²) in [4.78, 5) is 41.2. The Bertz CT molecular complexity index is 879. The summed E-state index contributed by atoms with van der Waals surface area (Å²) in [5.74, 6) is -1.38. The van der Waals surface area contributed by atoms with Gasteiger partial charge in [-0.1, -0.05) is 32.0 Å². The maximum absolute atomic E-state index is 12.7. The molecule has 28 heavy (non-hydrogen) atoms. The lowest BCUT2D eigenvalue weighted by atomic mass is 10.0. The van der Waals surface area contributed by atoms with Gasteiger partial charge in [-0.05, 0) is 38.3 Å². The lowest BCUT2D eigenvalue weighted by Crippen LogP contribution is -2.46. The molecule has 0 bridgehead atoms. The molecule has 1 atom stereocenters. The zero-order chi connectivity index (χ0) is 20.7. The molecular weight excluding hydrogens is 358 g/mol. The van der Waals surface area contributed by atoms with Gasteiger partial charge in [0.15, 0.2) is 6.61 Å². The van der Waals surface area contributed by atoms with Crippen LogP contribution >= 0.6 is 0 Å². The van der Waals surface area contributed by atoms with Gasteiger partial charge in [-0.15, -0.1) is 0 Å². The summed E-state index contributed by atoms with van der Waals surface area (Å²) >= 11 is 0. The highest BCUT2D eigenvalue weighted by atomic mass is 16.5. The molecule has 2 amide bonds. The van der Waals surface area contributed by atoms with Crippen LogP contribution in [0.2, 0.25) is 0 Å². The molecule has 2 rings (SSSR count). The highest BCUT2D eigenvalue weighted by Crippen LogP contribution is 2.24. The van der Waals surface area contributed by atoms with Gasteiger partial charge in [-0.3, -0.25) is 14.6 Å². The molecule has 0 unspecified atom stereocenters. The second-order valence-electron chi connectivity index (χ2n) is 6.59. The molecule has 0 spiro atoms. The van der Waals surface area contributed by atoms with Crippen molar-refractivity contribution < 1.29 is 19.1 Å². The largest absolute Gasteiger partial charge is 0.452 e. The van der Waals surface area contributed by atoms with E-state index in [0.717, 1.165) is 17.7 Å². The van der Waals surface area contributed by atoms with Gasteiger partial charge < -0.3 is 15.4 Å². The first-order valence-corrected chi connectivity index (χ1v) is 9.51. The van der Waals surface area contributed by atoms with Crippen molar-refractivity contribution in [1.82, 2.24) is 15.6 Å². The molecule has 0 aliphatic rings. The molecule has 7 heteroatoms. The highest BCUT2D eigenvalue weighted by molar-refractivity contribution is 6.05. The molecule has 2 aromatic rings. The van der Waals surface area contributed by atoms with E-state index in [1.165, 1.54) is 0 Å². The van der Waals surface area contributed by atoms with E-state index in [4.69, 9.17) is 4.74 Å². The number of carbonyl (C=O) groups excluding carboxylic acids is 3. The van der Waals surface area contributed by atoms with E-state index < -0.39 is 24.5 Å². The summed E-state index contributed by atoms with van der Waals surface area (Å²) in [6.45, 7) is 7.41. The first-order chi connectivity index (χ1) is 13.4. The van der Waals surface area contributed by atoms with Crippen LogP contribution < -0.4 is 10.6 Å². The maximum Gasteiger partial charge on any atom is 0.339 e. The fourth-order valence-corrected chi connectivity index (χ4v) is 2.92. The third kappa shape index (κ3) is 5.06. The monoisotopic (exact) mass is 385 g/mol. The van der Waals surface area contributed by atoms with Crippen LogP contribution in [0.5, 0.6) is 0 Å². The fourth-order valence-electron chi connectivity index (χ4n) is 2.92. The van der Waals surface area contributed by atoms with Crippen LogP contribution in [0, 0.1) is 6.92 Å². The first kappa shape index (κ1) is 21.3. The van der Waals surface area contributed by atoms with Gasteiger partial charge in [-0.25, -0.2) is 4.79 Å². The Hall–Kier alpha value is -2.96. The van der Waals surface area contributed by atoms with Crippen molar-refractivity contribution in [3.8, 4) is 0 Å². The molecular formula is C21H27N3O4. The molecule has 2 N–H and O–H groups in total. The standard InChI is InChI=1S/C21H27N3O4/c1-5-11-22-20(26)14(4)23-18(25)12-28-21(27)19-13(3)16(6-2)24-17-10-8-7-9-15(17)19/h7-10,14H,5-6,11-12H2,1-4H3,(H,22,26)(H,23,25)/t14-/m0/s1. The number of fused-ring (bicyclic) bond motifs is 1. The van der Waals surface area contributed by atoms with Crippen LogP contribution in [-0.2, 0) is 20.7 Å². The van der Waals surface area contributed by atoms with E-state index in [0.29, 0.717) is 29.4 Å². The molecule has 0 fully saturated rings. The van der Waals surface area contributed by atoms with E-state index in [1.54, 1.807) is 6.92 Å². The summed E-state index contributed by atoms with van der Waals surface area (Å²) in [5, 5.41) is 5.92. The van der Waals surface area contributed by atoms with Crippen LogP contribution in [-0.4, -0.2) is 42.0 Å². The number of carbonyl (C=O) groups is 3. The summed E-state index contributed by atoms with van der Waals surface area (Å²) in [7, 11) is 0. The number of pyridine rings is 1. The Morgan fingerprint density at radius 1 is 1.18 bits per heavy atom. The van der Waals surface area contributed by atoms with Gasteiger partial charge in [0.2, 0.25) is 5.91 Å². The minimum Gasteiger partial charge on any atom is -0.452 e. The number of nitrogens with one attached hydrogen (secondary N) is 2. The minimum absolute atomic E-state index is 0.273. The van der Waals surface area contributed by atoms with Crippen molar-refractivity contribution in [2.24, 2.45) is 0 Å². The van der Waals surface area contributed by atoms with Gasteiger partial charge in [0.25, 0.3) is 5.91 Å². The van der Waals surface area contributed by atoms with Gasteiger partial charge in [0.05, 0.1) is 11.1 Å². The molecule has 1 aromatic heterocycles. The third-order valence-electron chi connectivity index (χ3n) is 4.43. The molecule has 7 nitrogen and oxygen atoms in total. The highest BCUT2D eigenvalue weighted by Gasteiger charge is 2.21. The van der Waals surface area contributed by atoms with Crippen LogP contribution in [0.15, 0.2) is 24.3 Å². The van der Waals surface area contributed by atoms with Gasteiger partial charge in [0.1, 0.15) is 6.04 Å². The predicted octanol–water partition coefficient (Wildman–Crippen LogP) is 2.29. The zero-order valence-electron chi connectivity index (χ0n) is 16.8. The van der Waals surface area contributed by atoms with Crippen molar-refractivity contribution >= 4 is 28.7 Å². The number of esters is 1. The summed E-state index contributed by atoms with van der Waals surface area (Å²) in [6.07, 6.45) is 1.49. The number of benzene rings is 1. The Labute approximate surface area is 164 Å². The lowest BCUT2D eigenvalue weighted by molar-refractivity contribution is -0.130. The van der Waals surface area contributed by atoms with Crippen molar-refractivity contribution in [3.05, 3.63) is 41.1 Å². The van der Waals surface area contributed by atoms with Crippen molar-refractivity contribution in [1.29, 1.82) is 0 Å². The smallest absolute Gasteiger partial charge is 0.339 e. The topological polar surface area (TPSA) is 97.4 Å². The number of rotatable bonds is 8. The summed E-state index contributed by atoms with van der Waals surface area (Å²) in [6, 6.07) is 6.64. The number of amides is 2. The fraction of sp³-hybridized carbons (Fsp3) is 0.429. The molecule has 1 aromatic carbocycles. The Kier molecular flexibility index (Phi) is 7.49. The van der Waals surface area contributed by atoms with Gasteiger partial charge in [-0.2, -0.15) is 0 Å². The number of aryl methyl sites for hydroxylation is 1. The van der Waals surface area contributed by atoms with E-state index in [9.17, 15) is 14.4 Å². The summed E-state index contributed by atoms with van der Waals surface area (Å²) < 4.78 is 5.23. The van der Waals surface area contributed by atoms with Crippen LogP contribution in [0.4, 0.5) is 0 Å². The maximum atomic E-state index is 12.7. The average molecular weight is 385 g/mol. The molecule has 0 saturated heterocycles. The van der Waals surface area contributed by atoms with E-state index in [-0.39, 0.29) is 5.91 Å². The number of hydrogen-bond acceptors (Lipinski definition) is 5. The van der Waals surface area contributed by atoms with E-state index in [1.807, 2.05) is 45.0 Å². The van der Waals surface area contributed by atoms with Crippen molar-refractivity contribution in [2.75, 3.05) is 13.2 Å². The quantitative estimate of drug-likeness (QED) is 0.680. The number of para-hydroxylation sites is 1. The molecule has 0 saturated carbocycles. The number of ether oxygens (including phenoxy) is 1. The second kappa shape index (κ2) is 9.82. The molecule has 1 heterocycles. The number of aromatic nitrogens is 1. The minimum atomic E-state index is -0.701. The second-order valence-corrected chi connectivity index (χ2v) is 6.59. The number of hydrogen-bond donors (Lipinski definition) is 2. The lowest BCUT2D eigenvalue weighted by Gasteiger charge is -2.15. The van der Waals surface area contributed by atoms with Crippen LogP contribution in [0.1, 0.15) is 48.8 Å². The molecule has 0 aliphatic heterocycles. The zero-order valence-corrected chi connectivity index (χ0v) is 16.8. The van der Waals surface area contributed by atoms with Crippen LogP contribution in [0.25, 0.3) is 10.9 Å². The van der Waals surface area contributed by atoms with Gasteiger partial charge in [0, 0.05) is 17.6 Å².